The fourth-order valence-corrected chi connectivity index (χ4v) is 4.94. The van der Waals surface area contributed by atoms with Crippen LogP contribution in [-0.4, -0.2) is 27.3 Å². The lowest BCUT2D eigenvalue weighted by Crippen LogP contribution is -2.41. The standard InChI is InChI=1S/C24H27N3O2S/c1-16-8-7-10-18(14-16)27-23(29)19-11-4-6-13-21(19)26-24(27)30-15-22(28)25-20-12-5-3-9-17(20)2/h4,6-8,10-11,13-14,17,20H,3,5,9,12,15H2,1-2H3,(H,25,28)/t17-,20+/m0/s1. The van der Waals surface area contributed by atoms with Crippen molar-refractivity contribution < 1.29 is 4.79 Å². The molecule has 1 aliphatic carbocycles. The molecule has 4 rings (SSSR count). The third-order valence-corrected chi connectivity index (χ3v) is 6.73. The number of hydrogen-bond donors (Lipinski definition) is 1. The fourth-order valence-electron chi connectivity index (χ4n) is 4.11. The molecule has 1 amide bonds. The number of benzene rings is 2. The summed E-state index contributed by atoms with van der Waals surface area (Å²) in [6.45, 7) is 4.20. The van der Waals surface area contributed by atoms with E-state index in [2.05, 4.69) is 12.2 Å². The van der Waals surface area contributed by atoms with Gasteiger partial charge in [-0.2, -0.15) is 0 Å². The largest absolute Gasteiger partial charge is 0.352 e. The van der Waals surface area contributed by atoms with E-state index in [4.69, 9.17) is 4.98 Å². The van der Waals surface area contributed by atoms with Crippen LogP contribution in [0.3, 0.4) is 0 Å². The Morgan fingerprint density at radius 1 is 1.17 bits per heavy atom. The first kappa shape index (κ1) is 20.7. The van der Waals surface area contributed by atoms with Gasteiger partial charge in [-0.15, -0.1) is 0 Å². The van der Waals surface area contributed by atoms with Gasteiger partial charge in [0.25, 0.3) is 5.56 Å². The highest BCUT2D eigenvalue weighted by Crippen LogP contribution is 2.25. The molecule has 2 aromatic carbocycles. The molecule has 0 saturated heterocycles. The molecule has 2 atom stereocenters. The van der Waals surface area contributed by atoms with Crippen molar-refractivity contribution in [1.82, 2.24) is 14.9 Å². The van der Waals surface area contributed by atoms with Crippen molar-refractivity contribution in [2.75, 3.05) is 5.75 Å². The van der Waals surface area contributed by atoms with Crippen molar-refractivity contribution in [3.8, 4) is 5.69 Å². The lowest BCUT2D eigenvalue weighted by molar-refractivity contribution is -0.119. The number of rotatable bonds is 5. The number of aryl methyl sites for hydroxylation is 1. The van der Waals surface area contributed by atoms with Crippen LogP contribution in [0.4, 0.5) is 0 Å². The molecule has 0 aliphatic heterocycles. The molecule has 0 spiro atoms. The maximum atomic E-state index is 13.3. The third kappa shape index (κ3) is 4.43. The topological polar surface area (TPSA) is 64.0 Å². The van der Waals surface area contributed by atoms with Crippen molar-refractivity contribution in [2.24, 2.45) is 5.92 Å². The number of carbonyl (C=O) groups is 1. The number of thioether (sulfide) groups is 1. The van der Waals surface area contributed by atoms with Crippen LogP contribution in [-0.2, 0) is 4.79 Å². The average molecular weight is 422 g/mol. The number of nitrogens with one attached hydrogen (secondary N) is 1. The van der Waals surface area contributed by atoms with Crippen LogP contribution >= 0.6 is 11.8 Å². The average Bonchev–Trinajstić information content (AvgIpc) is 2.74. The van der Waals surface area contributed by atoms with E-state index in [1.807, 2.05) is 49.4 Å². The summed E-state index contributed by atoms with van der Waals surface area (Å²) >= 11 is 1.31. The molecule has 1 fully saturated rings. The van der Waals surface area contributed by atoms with E-state index >= 15 is 0 Å². The van der Waals surface area contributed by atoms with Gasteiger partial charge in [0.1, 0.15) is 0 Å². The lowest BCUT2D eigenvalue weighted by Gasteiger charge is -2.29. The first-order chi connectivity index (χ1) is 14.5. The number of fused-ring (bicyclic) bond motifs is 1. The minimum atomic E-state index is -0.116. The Bertz CT molecular complexity index is 1120. The zero-order valence-electron chi connectivity index (χ0n) is 17.4. The van der Waals surface area contributed by atoms with Gasteiger partial charge in [-0.05, 0) is 55.5 Å². The number of para-hydroxylation sites is 1. The Balaban J connectivity index is 1.63. The molecule has 6 heteroatoms. The van der Waals surface area contributed by atoms with Gasteiger partial charge in [0.2, 0.25) is 5.91 Å². The summed E-state index contributed by atoms with van der Waals surface area (Å²) in [6, 6.07) is 15.4. The molecule has 0 unspecified atom stereocenters. The highest BCUT2D eigenvalue weighted by atomic mass is 32.2. The summed E-state index contributed by atoms with van der Waals surface area (Å²) in [7, 11) is 0. The molecule has 0 bridgehead atoms. The van der Waals surface area contributed by atoms with Crippen LogP contribution in [0.2, 0.25) is 0 Å². The molecule has 1 heterocycles. The molecule has 1 aromatic heterocycles. The van der Waals surface area contributed by atoms with E-state index in [1.54, 1.807) is 10.6 Å². The molecule has 1 saturated carbocycles. The van der Waals surface area contributed by atoms with E-state index in [1.165, 1.54) is 24.6 Å². The normalized spacial score (nSPS) is 19.0. The number of hydrogen-bond acceptors (Lipinski definition) is 4. The van der Waals surface area contributed by atoms with Gasteiger partial charge in [0.05, 0.1) is 22.3 Å². The van der Waals surface area contributed by atoms with Crippen molar-refractivity contribution >= 4 is 28.6 Å². The Labute approximate surface area is 180 Å². The van der Waals surface area contributed by atoms with Crippen LogP contribution in [0.15, 0.2) is 58.5 Å². The van der Waals surface area contributed by atoms with Crippen LogP contribution in [0, 0.1) is 12.8 Å². The molecule has 156 valence electrons. The first-order valence-electron chi connectivity index (χ1n) is 10.5. The molecule has 0 radical (unpaired) electrons. The summed E-state index contributed by atoms with van der Waals surface area (Å²) in [5.74, 6) is 0.744. The third-order valence-electron chi connectivity index (χ3n) is 5.80. The predicted octanol–water partition coefficient (Wildman–Crippen LogP) is 4.48. The van der Waals surface area contributed by atoms with Crippen LogP contribution in [0.25, 0.3) is 16.6 Å². The second-order valence-electron chi connectivity index (χ2n) is 8.12. The van der Waals surface area contributed by atoms with Gasteiger partial charge in [0.15, 0.2) is 5.16 Å². The number of carbonyl (C=O) groups excluding carboxylic acids is 1. The summed E-state index contributed by atoms with van der Waals surface area (Å²) in [4.78, 5) is 30.6. The summed E-state index contributed by atoms with van der Waals surface area (Å²) < 4.78 is 1.62. The van der Waals surface area contributed by atoms with Gasteiger partial charge < -0.3 is 5.32 Å². The lowest BCUT2D eigenvalue weighted by atomic mass is 9.86. The van der Waals surface area contributed by atoms with Crippen LogP contribution in [0.5, 0.6) is 0 Å². The number of aromatic nitrogens is 2. The van der Waals surface area contributed by atoms with Crippen molar-refractivity contribution in [2.45, 2.75) is 50.7 Å². The summed E-state index contributed by atoms with van der Waals surface area (Å²) in [5.41, 5.74) is 2.36. The Hall–Kier alpha value is -2.60. The minimum absolute atomic E-state index is 0.00282. The van der Waals surface area contributed by atoms with Crippen molar-refractivity contribution in [3.05, 3.63) is 64.4 Å². The molecule has 30 heavy (non-hydrogen) atoms. The van der Waals surface area contributed by atoms with E-state index < -0.39 is 0 Å². The molecular weight excluding hydrogens is 394 g/mol. The zero-order valence-corrected chi connectivity index (χ0v) is 18.2. The second kappa shape index (κ2) is 9.04. The monoisotopic (exact) mass is 421 g/mol. The van der Waals surface area contributed by atoms with E-state index in [9.17, 15) is 9.59 Å². The highest BCUT2D eigenvalue weighted by molar-refractivity contribution is 7.99. The second-order valence-corrected chi connectivity index (χ2v) is 9.06. The minimum Gasteiger partial charge on any atom is -0.352 e. The summed E-state index contributed by atoms with van der Waals surface area (Å²) in [5, 5.41) is 4.30. The molecule has 1 N–H and O–H groups in total. The predicted molar refractivity (Wildman–Crippen MR) is 122 cm³/mol. The van der Waals surface area contributed by atoms with Gasteiger partial charge >= 0.3 is 0 Å². The fraction of sp³-hybridized carbons (Fsp3) is 0.375. The van der Waals surface area contributed by atoms with Crippen LogP contribution in [0.1, 0.15) is 38.2 Å². The Morgan fingerprint density at radius 3 is 2.77 bits per heavy atom. The summed E-state index contributed by atoms with van der Waals surface area (Å²) in [6.07, 6.45) is 4.62. The van der Waals surface area contributed by atoms with Gasteiger partial charge in [-0.1, -0.05) is 55.8 Å². The van der Waals surface area contributed by atoms with E-state index in [0.717, 1.165) is 24.1 Å². The molecule has 5 nitrogen and oxygen atoms in total. The van der Waals surface area contributed by atoms with Crippen molar-refractivity contribution in [1.29, 1.82) is 0 Å². The van der Waals surface area contributed by atoms with Gasteiger partial charge in [0, 0.05) is 6.04 Å². The maximum absolute atomic E-state index is 13.3. The SMILES string of the molecule is Cc1cccc(-n2c(SCC(=O)N[C@@H]3CCCC[C@@H]3C)nc3ccccc3c2=O)c1. The number of nitrogens with zero attached hydrogens (tertiary/aromatic N) is 2. The molecule has 1 aliphatic rings. The zero-order chi connectivity index (χ0) is 21.1. The number of amides is 1. The van der Waals surface area contributed by atoms with Gasteiger partial charge in [-0.25, -0.2) is 4.98 Å². The maximum Gasteiger partial charge on any atom is 0.266 e. The van der Waals surface area contributed by atoms with Crippen LogP contribution < -0.4 is 10.9 Å². The quantitative estimate of drug-likeness (QED) is 0.487. The van der Waals surface area contributed by atoms with E-state index in [-0.39, 0.29) is 23.3 Å². The smallest absolute Gasteiger partial charge is 0.266 e. The van der Waals surface area contributed by atoms with Gasteiger partial charge in [-0.3, -0.25) is 14.2 Å². The Morgan fingerprint density at radius 2 is 1.97 bits per heavy atom. The highest BCUT2D eigenvalue weighted by Gasteiger charge is 2.23. The Kier molecular flexibility index (Phi) is 6.23. The first-order valence-corrected chi connectivity index (χ1v) is 11.5. The molecule has 3 aromatic rings. The van der Waals surface area contributed by atoms with E-state index in [0.29, 0.717) is 22.0 Å². The van der Waals surface area contributed by atoms with Crippen molar-refractivity contribution in [3.63, 3.8) is 0 Å². The molecular formula is C24H27N3O2S.